The predicted molar refractivity (Wildman–Crippen MR) is 82.2 cm³/mol. The molecule has 0 saturated heterocycles. The lowest BCUT2D eigenvalue weighted by molar-refractivity contribution is -0.000220. The monoisotopic (exact) mass is 274 g/mol. The van der Waals surface area contributed by atoms with Crippen molar-refractivity contribution in [2.75, 3.05) is 6.61 Å². The van der Waals surface area contributed by atoms with Gasteiger partial charge in [0.1, 0.15) is 6.10 Å². The maximum Gasteiger partial charge on any atom is 0.192 e. The molecule has 20 heavy (non-hydrogen) atoms. The molecule has 0 radical (unpaired) electrons. The average molecular weight is 274 g/mol. The third-order valence-corrected chi connectivity index (χ3v) is 4.13. The molecule has 2 rings (SSSR count). The predicted octanol–water partition coefficient (Wildman–Crippen LogP) is 4.59. The van der Waals surface area contributed by atoms with Gasteiger partial charge in [-0.1, -0.05) is 51.5 Å². The largest absolute Gasteiger partial charge is 0.370 e. The van der Waals surface area contributed by atoms with Gasteiger partial charge in [0, 0.05) is 12.2 Å². The summed E-state index contributed by atoms with van der Waals surface area (Å²) in [6.45, 7) is 8.65. The summed E-state index contributed by atoms with van der Waals surface area (Å²) >= 11 is 0. The van der Waals surface area contributed by atoms with Gasteiger partial charge >= 0.3 is 0 Å². The smallest absolute Gasteiger partial charge is 0.192 e. The molecule has 1 aromatic rings. The Morgan fingerprint density at radius 2 is 1.85 bits per heavy atom. The average Bonchev–Trinajstić information content (AvgIpc) is 2.32. The van der Waals surface area contributed by atoms with Crippen molar-refractivity contribution >= 4 is 5.78 Å². The number of benzene rings is 1. The maximum absolute atomic E-state index is 12.6. The van der Waals surface area contributed by atoms with Crippen LogP contribution >= 0.6 is 0 Å². The number of ketones is 1. The zero-order chi connectivity index (χ0) is 14.8. The van der Waals surface area contributed by atoms with Crippen molar-refractivity contribution in [3.05, 3.63) is 35.4 Å². The number of hydrogen-bond acceptors (Lipinski definition) is 2. The number of hydrogen-bond donors (Lipinski definition) is 0. The van der Waals surface area contributed by atoms with Crippen molar-refractivity contribution in [2.45, 2.75) is 59.0 Å². The molecule has 1 aliphatic rings. The van der Waals surface area contributed by atoms with E-state index in [4.69, 9.17) is 4.74 Å². The third kappa shape index (κ3) is 3.29. The minimum Gasteiger partial charge on any atom is -0.370 e. The molecule has 2 nitrogen and oxygen atoms in total. The van der Waals surface area contributed by atoms with Crippen molar-refractivity contribution < 1.29 is 9.53 Å². The van der Waals surface area contributed by atoms with E-state index < -0.39 is 0 Å². The molecule has 0 aromatic heterocycles. The molecule has 0 heterocycles. The fraction of sp³-hybridized carbons (Fsp3) is 0.611. The first-order valence-corrected chi connectivity index (χ1v) is 7.69. The Morgan fingerprint density at radius 1 is 1.25 bits per heavy atom. The van der Waals surface area contributed by atoms with Gasteiger partial charge in [-0.3, -0.25) is 4.79 Å². The van der Waals surface area contributed by atoms with Gasteiger partial charge in [-0.2, -0.15) is 0 Å². The van der Waals surface area contributed by atoms with E-state index >= 15 is 0 Å². The van der Waals surface area contributed by atoms with Gasteiger partial charge in [-0.05, 0) is 36.7 Å². The summed E-state index contributed by atoms with van der Waals surface area (Å²) in [5.41, 5.74) is 1.96. The Kier molecular flexibility index (Phi) is 4.64. The van der Waals surface area contributed by atoms with Crippen molar-refractivity contribution in [1.82, 2.24) is 0 Å². The van der Waals surface area contributed by atoms with Gasteiger partial charge in [-0.25, -0.2) is 0 Å². The molecule has 1 aliphatic carbocycles. The summed E-state index contributed by atoms with van der Waals surface area (Å²) in [5, 5.41) is 0. The normalized spacial score (nSPS) is 17.6. The van der Waals surface area contributed by atoms with Crippen LogP contribution in [0.1, 0.15) is 68.8 Å². The Labute approximate surface area is 122 Å². The second-order valence-electron chi connectivity index (χ2n) is 6.82. The van der Waals surface area contributed by atoms with Crippen molar-refractivity contribution in [2.24, 2.45) is 5.41 Å². The van der Waals surface area contributed by atoms with Crippen molar-refractivity contribution in [3.8, 4) is 0 Å². The van der Waals surface area contributed by atoms with Gasteiger partial charge < -0.3 is 4.74 Å². The van der Waals surface area contributed by atoms with E-state index in [1.165, 1.54) is 24.8 Å². The van der Waals surface area contributed by atoms with Crippen LogP contribution in [0.25, 0.3) is 0 Å². The van der Waals surface area contributed by atoms with E-state index in [1.54, 1.807) is 0 Å². The lowest BCUT2D eigenvalue weighted by Crippen LogP contribution is -2.37. The van der Waals surface area contributed by atoms with Gasteiger partial charge in [0.25, 0.3) is 0 Å². The standard InChI is InChI=1S/C18H26O2/c1-5-20-17(18(2,3)4)16(19)15-11-9-14(10-12-15)13-7-6-8-13/h9-13,17H,5-8H2,1-4H3. The molecule has 0 spiro atoms. The van der Waals surface area contributed by atoms with Crippen LogP contribution in [0.15, 0.2) is 24.3 Å². The number of rotatable bonds is 5. The quantitative estimate of drug-likeness (QED) is 0.734. The molecule has 1 fully saturated rings. The minimum absolute atomic E-state index is 0.0968. The van der Waals surface area contributed by atoms with Crippen molar-refractivity contribution in [3.63, 3.8) is 0 Å². The maximum atomic E-state index is 12.6. The highest BCUT2D eigenvalue weighted by Crippen LogP contribution is 2.36. The summed E-state index contributed by atoms with van der Waals surface area (Å²) in [6.07, 6.45) is 3.54. The number of carbonyl (C=O) groups is 1. The zero-order valence-corrected chi connectivity index (χ0v) is 13.1. The van der Waals surface area contributed by atoms with Crippen LogP contribution in [0.5, 0.6) is 0 Å². The lowest BCUT2D eigenvalue weighted by Gasteiger charge is -2.29. The highest BCUT2D eigenvalue weighted by molar-refractivity contribution is 6.00. The van der Waals surface area contributed by atoms with Crippen LogP contribution in [-0.4, -0.2) is 18.5 Å². The SMILES string of the molecule is CCOC(C(=O)c1ccc(C2CCC2)cc1)C(C)(C)C. The van der Waals surface area contributed by atoms with Crippen molar-refractivity contribution in [1.29, 1.82) is 0 Å². The molecule has 1 aromatic carbocycles. The number of Topliss-reactive ketones (excluding diaryl/α,β-unsaturated/α-hetero) is 1. The first-order chi connectivity index (χ1) is 9.43. The van der Waals surface area contributed by atoms with Gasteiger partial charge in [-0.15, -0.1) is 0 Å². The van der Waals surface area contributed by atoms with Crippen LogP contribution in [-0.2, 0) is 4.74 Å². The molecule has 0 bridgehead atoms. The third-order valence-electron chi connectivity index (χ3n) is 4.13. The van der Waals surface area contributed by atoms with Crippen LogP contribution in [0.2, 0.25) is 0 Å². The molecule has 0 aliphatic heterocycles. The molecule has 0 amide bonds. The fourth-order valence-corrected chi connectivity index (χ4v) is 2.70. The Morgan fingerprint density at radius 3 is 2.25 bits per heavy atom. The summed E-state index contributed by atoms with van der Waals surface area (Å²) in [5.74, 6) is 0.809. The van der Waals surface area contributed by atoms with E-state index in [-0.39, 0.29) is 17.3 Å². The topological polar surface area (TPSA) is 26.3 Å². The summed E-state index contributed by atoms with van der Waals surface area (Å²) < 4.78 is 5.68. The zero-order valence-electron chi connectivity index (χ0n) is 13.1. The minimum atomic E-state index is -0.373. The van der Waals surface area contributed by atoms with Gasteiger partial charge in [0.05, 0.1) is 0 Å². The van der Waals surface area contributed by atoms with E-state index in [0.717, 1.165) is 5.56 Å². The van der Waals surface area contributed by atoms with E-state index in [0.29, 0.717) is 12.5 Å². The highest BCUT2D eigenvalue weighted by Gasteiger charge is 2.32. The van der Waals surface area contributed by atoms with Gasteiger partial charge in [0.2, 0.25) is 0 Å². The molecule has 110 valence electrons. The second kappa shape index (κ2) is 6.09. The molecular formula is C18H26O2. The van der Waals surface area contributed by atoms with Crippen LogP contribution < -0.4 is 0 Å². The second-order valence-corrected chi connectivity index (χ2v) is 6.82. The molecule has 1 unspecified atom stereocenters. The molecular weight excluding hydrogens is 248 g/mol. The number of carbonyl (C=O) groups excluding carboxylic acids is 1. The van der Waals surface area contributed by atoms with E-state index in [9.17, 15) is 4.79 Å². The molecule has 1 saturated carbocycles. The summed E-state index contributed by atoms with van der Waals surface area (Å²) in [7, 11) is 0. The highest BCUT2D eigenvalue weighted by atomic mass is 16.5. The lowest BCUT2D eigenvalue weighted by atomic mass is 9.79. The Bertz CT molecular complexity index is 449. The number of ether oxygens (including phenoxy) is 1. The first-order valence-electron chi connectivity index (χ1n) is 7.69. The van der Waals surface area contributed by atoms with E-state index in [1.807, 2.05) is 39.8 Å². The van der Waals surface area contributed by atoms with E-state index in [2.05, 4.69) is 12.1 Å². The fourth-order valence-electron chi connectivity index (χ4n) is 2.70. The summed E-state index contributed by atoms with van der Waals surface area (Å²) in [4.78, 5) is 12.6. The van der Waals surface area contributed by atoms with Crippen LogP contribution in [0, 0.1) is 5.41 Å². The molecule has 1 atom stereocenters. The Balaban J connectivity index is 2.14. The summed E-state index contributed by atoms with van der Waals surface area (Å²) in [6, 6.07) is 8.16. The molecule has 0 N–H and O–H groups in total. The molecule has 2 heteroatoms. The van der Waals surface area contributed by atoms with Crippen LogP contribution in [0.4, 0.5) is 0 Å². The van der Waals surface area contributed by atoms with Crippen LogP contribution in [0.3, 0.4) is 0 Å². The first kappa shape index (κ1) is 15.2. The Hall–Kier alpha value is -1.15. The van der Waals surface area contributed by atoms with Gasteiger partial charge in [0.15, 0.2) is 5.78 Å².